The lowest BCUT2D eigenvalue weighted by molar-refractivity contribution is -0.400. The topological polar surface area (TPSA) is 115 Å². The average molecular weight is 358 g/mol. The van der Waals surface area contributed by atoms with Crippen LogP contribution in [0.1, 0.15) is 36.2 Å². The molecule has 0 saturated heterocycles. The quantitative estimate of drug-likeness (QED) is 0.333. The molecular formula is C18H18N2O6. The van der Waals surface area contributed by atoms with E-state index < -0.39 is 4.92 Å². The van der Waals surface area contributed by atoms with E-state index in [0.717, 1.165) is 11.1 Å². The molecule has 0 N–H and O–H groups in total. The molecular weight excluding hydrogens is 340 g/mol. The third kappa shape index (κ3) is 7.00. The lowest BCUT2D eigenvalue weighted by Gasteiger charge is -2.11. The second-order valence-electron chi connectivity index (χ2n) is 5.39. The van der Waals surface area contributed by atoms with Crippen molar-refractivity contribution in [1.82, 2.24) is 4.90 Å². The van der Waals surface area contributed by atoms with Gasteiger partial charge in [-0.25, -0.2) is 0 Å². The van der Waals surface area contributed by atoms with E-state index in [9.17, 15) is 29.3 Å². The molecule has 0 unspecified atom stereocenters. The minimum absolute atomic E-state index is 0.0187. The molecule has 136 valence electrons. The van der Waals surface area contributed by atoms with Crippen LogP contribution in [0.2, 0.25) is 0 Å². The minimum Gasteiger partial charge on any atom is -0.300 e. The lowest BCUT2D eigenvalue weighted by atomic mass is 10.1. The van der Waals surface area contributed by atoms with Crippen LogP contribution < -0.4 is 0 Å². The number of benzene rings is 1. The minimum atomic E-state index is -0.529. The van der Waals surface area contributed by atoms with Crippen LogP contribution in [0.3, 0.4) is 0 Å². The highest BCUT2D eigenvalue weighted by atomic mass is 16.6. The highest BCUT2D eigenvalue weighted by Crippen LogP contribution is 2.06. The maximum absolute atomic E-state index is 10.9. The fourth-order valence-corrected chi connectivity index (χ4v) is 1.90. The number of ketones is 2. The molecule has 26 heavy (non-hydrogen) atoms. The zero-order valence-electron chi connectivity index (χ0n) is 14.4. The van der Waals surface area contributed by atoms with Crippen molar-refractivity contribution in [2.75, 3.05) is 6.54 Å². The molecule has 0 spiro atoms. The van der Waals surface area contributed by atoms with Crippen molar-refractivity contribution in [3.63, 3.8) is 0 Å². The Morgan fingerprint density at radius 3 is 2.04 bits per heavy atom. The third-order valence-corrected chi connectivity index (χ3v) is 3.29. The van der Waals surface area contributed by atoms with E-state index in [-0.39, 0.29) is 36.3 Å². The number of hydrogen-bond acceptors (Lipinski definition) is 6. The smallest absolute Gasteiger partial charge is 0.253 e. The number of nitrogens with zero attached hydrogens (tertiary/aromatic N) is 2. The summed E-state index contributed by atoms with van der Waals surface area (Å²) < 4.78 is 0. The van der Waals surface area contributed by atoms with Crippen LogP contribution in [0.25, 0.3) is 6.08 Å². The summed E-state index contributed by atoms with van der Waals surface area (Å²) >= 11 is 0. The number of amides is 2. The highest BCUT2D eigenvalue weighted by molar-refractivity contribution is 6.13. The summed E-state index contributed by atoms with van der Waals surface area (Å²) in [4.78, 5) is 53.8. The van der Waals surface area contributed by atoms with E-state index in [2.05, 4.69) is 0 Å². The van der Waals surface area contributed by atoms with Gasteiger partial charge in [0.15, 0.2) is 5.78 Å². The molecule has 0 saturated carbocycles. The van der Waals surface area contributed by atoms with E-state index in [4.69, 9.17) is 0 Å². The first kappa shape index (κ1) is 20.6. The molecule has 0 aromatic heterocycles. The molecule has 1 heterocycles. The first-order valence-electron chi connectivity index (χ1n) is 7.66. The fourth-order valence-electron chi connectivity index (χ4n) is 1.90. The van der Waals surface area contributed by atoms with Crippen LogP contribution in [0.4, 0.5) is 0 Å². The summed E-state index contributed by atoms with van der Waals surface area (Å²) in [5, 5.41) is 10.0. The predicted octanol–water partition coefficient (Wildman–Crippen LogP) is 2.03. The zero-order valence-corrected chi connectivity index (χ0v) is 14.4. The van der Waals surface area contributed by atoms with E-state index in [0.29, 0.717) is 11.1 Å². The van der Waals surface area contributed by atoms with E-state index >= 15 is 0 Å². The van der Waals surface area contributed by atoms with Gasteiger partial charge in [-0.2, -0.15) is 0 Å². The highest BCUT2D eigenvalue weighted by Gasteiger charge is 2.22. The van der Waals surface area contributed by atoms with Crippen molar-refractivity contribution in [3.8, 4) is 0 Å². The first-order valence-corrected chi connectivity index (χ1v) is 7.66. The Morgan fingerprint density at radius 1 is 1.08 bits per heavy atom. The van der Waals surface area contributed by atoms with Crippen LogP contribution in [0.5, 0.6) is 0 Å². The number of rotatable bonds is 6. The summed E-state index contributed by atoms with van der Waals surface area (Å²) in [7, 11) is 0. The van der Waals surface area contributed by atoms with Gasteiger partial charge in [0, 0.05) is 36.8 Å². The summed E-state index contributed by atoms with van der Waals surface area (Å²) in [6.45, 7) is 3.10. The summed E-state index contributed by atoms with van der Waals surface area (Å²) in [6.07, 6.45) is 4.90. The van der Waals surface area contributed by atoms with Gasteiger partial charge in [-0.15, -0.1) is 0 Å². The molecule has 1 aliphatic heterocycles. The van der Waals surface area contributed by atoms with Gasteiger partial charge in [-0.1, -0.05) is 24.3 Å². The Hall–Kier alpha value is -3.42. The molecule has 0 aliphatic carbocycles. The van der Waals surface area contributed by atoms with Crippen molar-refractivity contribution < 1.29 is 24.1 Å². The Morgan fingerprint density at radius 2 is 1.62 bits per heavy atom. The Kier molecular flexibility index (Phi) is 7.75. The van der Waals surface area contributed by atoms with Gasteiger partial charge < -0.3 is 0 Å². The summed E-state index contributed by atoms with van der Waals surface area (Å²) in [6, 6.07) is 6.61. The molecule has 1 aromatic rings. The molecule has 0 radical (unpaired) electrons. The Balaban J connectivity index is 0.000000263. The van der Waals surface area contributed by atoms with Crippen molar-refractivity contribution in [1.29, 1.82) is 0 Å². The molecule has 0 bridgehead atoms. The average Bonchev–Trinajstić information content (AvgIpc) is 2.90. The molecule has 0 fully saturated rings. The fraction of sp³-hybridized carbons (Fsp3) is 0.222. The van der Waals surface area contributed by atoms with Gasteiger partial charge in [0.25, 0.3) is 11.8 Å². The Bertz CT molecular complexity index is 759. The van der Waals surface area contributed by atoms with Crippen LogP contribution >= 0.6 is 0 Å². The second kappa shape index (κ2) is 9.77. The monoisotopic (exact) mass is 358 g/mol. The van der Waals surface area contributed by atoms with Gasteiger partial charge in [-0.05, 0) is 19.4 Å². The molecule has 8 heteroatoms. The SMILES string of the molecule is CC(=O)CCN1C(=O)C=CC1=O.CC(=O)c1ccc(/C=C\[N+](=O)[O-])cc1. The van der Waals surface area contributed by atoms with Crippen molar-refractivity contribution in [2.45, 2.75) is 20.3 Å². The number of hydrogen-bond donors (Lipinski definition) is 0. The number of Topliss-reactive ketones (excluding diaryl/α,β-unsaturated/α-hetero) is 2. The maximum atomic E-state index is 10.9. The molecule has 2 rings (SSSR count). The summed E-state index contributed by atoms with van der Waals surface area (Å²) in [5.41, 5.74) is 1.30. The Labute approximate surface area is 149 Å². The third-order valence-electron chi connectivity index (χ3n) is 3.29. The van der Waals surface area contributed by atoms with Gasteiger partial charge in [0.05, 0.1) is 4.92 Å². The predicted molar refractivity (Wildman–Crippen MR) is 93.6 cm³/mol. The standard InChI is InChI=1S/C10H9NO3.C8H9NO3/c1-8(12)10-4-2-9(3-5-10)6-7-11(13)14;1-6(10)4-5-9-7(11)2-3-8(9)12/h2-7H,1H3;2-3H,4-5H2,1H3/b7-6-;. The second-order valence-corrected chi connectivity index (χ2v) is 5.39. The normalized spacial score (nSPS) is 12.9. The van der Waals surface area contributed by atoms with Crippen molar-refractivity contribution in [2.24, 2.45) is 0 Å². The lowest BCUT2D eigenvalue weighted by Crippen LogP contribution is -2.31. The summed E-state index contributed by atoms with van der Waals surface area (Å²) in [5.74, 6) is -0.709. The van der Waals surface area contributed by atoms with Crippen molar-refractivity contribution in [3.05, 3.63) is 63.9 Å². The molecule has 1 aromatic carbocycles. The number of carbonyl (C=O) groups excluding carboxylic acids is 4. The molecule has 0 atom stereocenters. The van der Waals surface area contributed by atoms with Crippen LogP contribution in [-0.4, -0.2) is 39.7 Å². The van der Waals surface area contributed by atoms with E-state index in [1.54, 1.807) is 24.3 Å². The van der Waals surface area contributed by atoms with Gasteiger partial charge >= 0.3 is 0 Å². The van der Waals surface area contributed by atoms with Gasteiger partial charge in [0.1, 0.15) is 5.78 Å². The van der Waals surface area contributed by atoms with Crippen LogP contribution in [-0.2, 0) is 14.4 Å². The molecule has 2 amide bonds. The van der Waals surface area contributed by atoms with E-state index in [1.807, 2.05) is 0 Å². The molecule has 1 aliphatic rings. The van der Waals surface area contributed by atoms with Crippen LogP contribution in [0, 0.1) is 10.1 Å². The van der Waals surface area contributed by atoms with E-state index in [1.165, 1.54) is 32.1 Å². The molecule has 8 nitrogen and oxygen atoms in total. The first-order chi connectivity index (χ1) is 12.2. The maximum Gasteiger partial charge on any atom is 0.253 e. The largest absolute Gasteiger partial charge is 0.300 e. The van der Waals surface area contributed by atoms with Gasteiger partial charge in [0.2, 0.25) is 6.20 Å². The number of nitro groups is 1. The van der Waals surface area contributed by atoms with Gasteiger partial charge in [-0.3, -0.25) is 34.2 Å². The van der Waals surface area contributed by atoms with Crippen LogP contribution in [0.15, 0.2) is 42.6 Å². The zero-order chi connectivity index (χ0) is 19.7. The van der Waals surface area contributed by atoms with Crippen molar-refractivity contribution >= 4 is 29.5 Å². The number of carbonyl (C=O) groups is 4. The number of imide groups is 1.